The average Bonchev–Trinajstić information content (AvgIpc) is 3.01. The van der Waals surface area contributed by atoms with Crippen molar-refractivity contribution in [2.24, 2.45) is 5.92 Å². The first-order valence-electron chi connectivity index (χ1n) is 8.34. The second-order valence-electron chi connectivity index (χ2n) is 6.51. The van der Waals surface area contributed by atoms with Gasteiger partial charge < -0.3 is 10.4 Å². The Morgan fingerprint density at radius 1 is 1.24 bits per heavy atom. The Morgan fingerprint density at radius 2 is 2.00 bits per heavy atom. The van der Waals surface area contributed by atoms with Crippen LogP contribution in [0.4, 0.5) is 0 Å². The van der Waals surface area contributed by atoms with E-state index >= 15 is 0 Å². The van der Waals surface area contributed by atoms with Crippen LogP contribution in [-0.2, 0) is 0 Å². The normalized spacial score (nSPS) is 20.9. The molecule has 2 N–H and O–H groups in total. The molecule has 25 heavy (non-hydrogen) atoms. The third-order valence-corrected chi connectivity index (χ3v) is 4.69. The Hall–Kier alpha value is -2.80. The molecule has 1 fully saturated rings. The number of rotatable bonds is 4. The van der Waals surface area contributed by atoms with E-state index in [2.05, 4.69) is 20.5 Å². The number of carbonyl (C=O) groups excluding carboxylic acids is 1. The maximum atomic E-state index is 12.8. The van der Waals surface area contributed by atoms with Crippen LogP contribution in [0.1, 0.15) is 40.8 Å². The van der Waals surface area contributed by atoms with Gasteiger partial charge in [-0.3, -0.25) is 9.20 Å². The lowest BCUT2D eigenvalue weighted by Crippen LogP contribution is -2.41. The van der Waals surface area contributed by atoms with E-state index in [1.807, 2.05) is 43.3 Å². The number of aliphatic hydroxyl groups excluding tert-OH is 1. The van der Waals surface area contributed by atoms with E-state index < -0.39 is 0 Å². The van der Waals surface area contributed by atoms with Gasteiger partial charge in [-0.25, -0.2) is 4.98 Å². The van der Waals surface area contributed by atoms with Crippen LogP contribution in [0.15, 0.2) is 42.6 Å². The number of carbonyl (C=O) groups is 1. The predicted molar refractivity (Wildman–Crippen MR) is 90.9 cm³/mol. The first kappa shape index (κ1) is 15.7. The van der Waals surface area contributed by atoms with Gasteiger partial charge >= 0.3 is 0 Å². The van der Waals surface area contributed by atoms with Crippen molar-refractivity contribution in [1.82, 2.24) is 24.9 Å². The van der Waals surface area contributed by atoms with Gasteiger partial charge in [0, 0.05) is 11.9 Å². The second-order valence-corrected chi connectivity index (χ2v) is 6.51. The first-order chi connectivity index (χ1) is 12.1. The molecule has 7 nitrogen and oxygen atoms in total. The Kier molecular flexibility index (Phi) is 3.93. The van der Waals surface area contributed by atoms with Crippen molar-refractivity contribution in [2.45, 2.75) is 31.9 Å². The summed E-state index contributed by atoms with van der Waals surface area (Å²) in [6, 6.07) is 11.5. The van der Waals surface area contributed by atoms with Crippen LogP contribution in [0, 0.1) is 12.8 Å². The minimum Gasteiger partial charge on any atom is -0.393 e. The fourth-order valence-corrected chi connectivity index (χ4v) is 3.27. The molecule has 1 saturated carbocycles. The Balaban J connectivity index is 1.61. The van der Waals surface area contributed by atoms with Gasteiger partial charge in [-0.15, -0.1) is 10.2 Å². The van der Waals surface area contributed by atoms with Crippen molar-refractivity contribution in [3.63, 3.8) is 0 Å². The summed E-state index contributed by atoms with van der Waals surface area (Å²) in [5.74, 6) is 0.526. The van der Waals surface area contributed by atoms with Crippen LogP contribution in [0.3, 0.4) is 0 Å². The van der Waals surface area contributed by atoms with Crippen LogP contribution >= 0.6 is 0 Å². The molecular formula is C18H19N5O2. The van der Waals surface area contributed by atoms with Gasteiger partial charge in [0.2, 0.25) is 5.82 Å². The molecule has 1 aliphatic rings. The molecule has 0 saturated heterocycles. The summed E-state index contributed by atoms with van der Waals surface area (Å²) in [7, 11) is 0. The van der Waals surface area contributed by atoms with Crippen molar-refractivity contribution in [3.05, 3.63) is 59.7 Å². The number of nitrogens with zero attached hydrogens (tertiary/aromatic N) is 4. The fourth-order valence-electron chi connectivity index (χ4n) is 3.27. The highest BCUT2D eigenvalue weighted by Gasteiger charge is 2.36. The molecule has 0 bridgehead atoms. The van der Waals surface area contributed by atoms with Crippen LogP contribution < -0.4 is 5.32 Å². The minimum absolute atomic E-state index is 0.164. The van der Waals surface area contributed by atoms with Crippen LogP contribution in [0.5, 0.6) is 0 Å². The molecule has 0 spiro atoms. The zero-order chi connectivity index (χ0) is 17.4. The second kappa shape index (κ2) is 6.25. The quantitative estimate of drug-likeness (QED) is 0.755. The maximum Gasteiger partial charge on any atom is 0.290 e. The molecule has 128 valence electrons. The zero-order valence-electron chi connectivity index (χ0n) is 13.8. The standard InChI is InChI=1S/C18H19N5O2/c1-11-7-8-23-16(21-22-18(23)19-11)17(25)20-15(13-9-14(24)10-13)12-5-3-2-4-6-12/h2-8,13-15,24H,9-10H2,1H3,(H,20,25). The number of aryl methyl sites for hydroxylation is 1. The summed E-state index contributed by atoms with van der Waals surface area (Å²) in [5.41, 5.74) is 1.84. The lowest BCUT2D eigenvalue weighted by atomic mass is 9.75. The highest BCUT2D eigenvalue weighted by atomic mass is 16.3. The third kappa shape index (κ3) is 2.98. The van der Waals surface area contributed by atoms with Gasteiger partial charge in [0.25, 0.3) is 11.7 Å². The van der Waals surface area contributed by atoms with Crippen molar-refractivity contribution >= 4 is 11.7 Å². The average molecular weight is 337 g/mol. The highest BCUT2D eigenvalue weighted by molar-refractivity contribution is 5.91. The summed E-state index contributed by atoms with van der Waals surface area (Å²) in [5, 5.41) is 20.7. The van der Waals surface area contributed by atoms with E-state index in [-0.39, 0.29) is 29.8 Å². The molecule has 7 heteroatoms. The van der Waals surface area contributed by atoms with E-state index in [1.165, 1.54) is 0 Å². The summed E-state index contributed by atoms with van der Waals surface area (Å²) in [4.78, 5) is 17.1. The Morgan fingerprint density at radius 3 is 2.72 bits per heavy atom. The molecule has 1 amide bonds. The zero-order valence-corrected chi connectivity index (χ0v) is 13.8. The van der Waals surface area contributed by atoms with Gasteiger partial charge in [0.15, 0.2) is 0 Å². The molecule has 1 unspecified atom stereocenters. The largest absolute Gasteiger partial charge is 0.393 e. The number of hydrogen-bond acceptors (Lipinski definition) is 5. The molecule has 1 aliphatic carbocycles. The topological polar surface area (TPSA) is 92.4 Å². The lowest BCUT2D eigenvalue weighted by Gasteiger charge is -2.38. The SMILES string of the molecule is Cc1ccn2c(C(=O)NC(c3ccccc3)C3CC(O)C3)nnc2n1. The summed E-state index contributed by atoms with van der Waals surface area (Å²) < 4.78 is 1.58. The maximum absolute atomic E-state index is 12.8. The van der Waals surface area contributed by atoms with E-state index in [0.29, 0.717) is 18.6 Å². The van der Waals surface area contributed by atoms with Crippen molar-refractivity contribution < 1.29 is 9.90 Å². The number of benzene rings is 1. The highest BCUT2D eigenvalue weighted by Crippen LogP contribution is 2.38. The smallest absolute Gasteiger partial charge is 0.290 e. The van der Waals surface area contributed by atoms with E-state index in [0.717, 1.165) is 11.3 Å². The first-order valence-corrected chi connectivity index (χ1v) is 8.34. The molecule has 2 heterocycles. The van der Waals surface area contributed by atoms with Crippen molar-refractivity contribution in [1.29, 1.82) is 0 Å². The number of hydrogen-bond donors (Lipinski definition) is 2. The molecule has 3 aromatic rings. The molecule has 4 rings (SSSR count). The molecule has 2 aromatic heterocycles. The Bertz CT molecular complexity index is 902. The minimum atomic E-state index is -0.298. The summed E-state index contributed by atoms with van der Waals surface area (Å²) >= 11 is 0. The van der Waals surface area contributed by atoms with E-state index in [4.69, 9.17) is 0 Å². The van der Waals surface area contributed by atoms with Gasteiger partial charge in [0.1, 0.15) is 0 Å². The summed E-state index contributed by atoms with van der Waals surface area (Å²) in [6.45, 7) is 1.86. The molecule has 1 atom stereocenters. The van der Waals surface area contributed by atoms with Crippen molar-refractivity contribution in [2.75, 3.05) is 0 Å². The van der Waals surface area contributed by atoms with Gasteiger partial charge in [-0.2, -0.15) is 0 Å². The summed E-state index contributed by atoms with van der Waals surface area (Å²) in [6.07, 6.45) is 2.83. The number of amides is 1. The van der Waals surface area contributed by atoms with E-state index in [1.54, 1.807) is 10.6 Å². The molecule has 1 aromatic carbocycles. The predicted octanol–water partition coefficient (Wildman–Crippen LogP) is 1.67. The number of aromatic nitrogens is 4. The molecule has 0 aliphatic heterocycles. The number of aliphatic hydroxyl groups is 1. The number of fused-ring (bicyclic) bond motifs is 1. The Labute approximate surface area is 144 Å². The van der Waals surface area contributed by atoms with Crippen LogP contribution in [-0.4, -0.2) is 36.7 Å². The van der Waals surface area contributed by atoms with Gasteiger partial charge in [-0.05, 0) is 37.3 Å². The van der Waals surface area contributed by atoms with Crippen LogP contribution in [0.25, 0.3) is 5.78 Å². The third-order valence-electron chi connectivity index (χ3n) is 4.69. The van der Waals surface area contributed by atoms with Gasteiger partial charge in [-0.1, -0.05) is 30.3 Å². The lowest BCUT2D eigenvalue weighted by molar-refractivity contribution is 0.0234. The monoisotopic (exact) mass is 337 g/mol. The molecular weight excluding hydrogens is 318 g/mol. The van der Waals surface area contributed by atoms with Gasteiger partial charge in [0.05, 0.1) is 12.1 Å². The van der Waals surface area contributed by atoms with E-state index in [9.17, 15) is 9.90 Å². The van der Waals surface area contributed by atoms with Crippen molar-refractivity contribution in [3.8, 4) is 0 Å². The molecule has 0 radical (unpaired) electrons. The van der Waals surface area contributed by atoms with Crippen LogP contribution in [0.2, 0.25) is 0 Å². The number of nitrogens with one attached hydrogen (secondary N) is 1. The fraction of sp³-hybridized carbons (Fsp3) is 0.333.